The van der Waals surface area contributed by atoms with Crippen LogP contribution in [0, 0.1) is 0 Å². The van der Waals surface area contributed by atoms with Gasteiger partial charge >= 0.3 is 23.9 Å². The van der Waals surface area contributed by atoms with Gasteiger partial charge in [0, 0.05) is 159 Å². The summed E-state index contributed by atoms with van der Waals surface area (Å²) in [6.07, 6.45) is 10.9. The molecule has 676 valence electrons. The number of carboxylic acid groups (broad SMARTS) is 4. The number of hydrogen-bond donors (Lipinski definition) is 4. The van der Waals surface area contributed by atoms with Crippen LogP contribution >= 0.6 is 58.0 Å². The van der Waals surface area contributed by atoms with Crippen LogP contribution in [0.3, 0.4) is 0 Å². The second-order valence-electron chi connectivity index (χ2n) is 32.6. The van der Waals surface area contributed by atoms with Crippen LogP contribution < -0.4 is 21.7 Å². The van der Waals surface area contributed by atoms with Crippen LogP contribution in [-0.4, -0.2) is 177 Å². The third-order valence-electron chi connectivity index (χ3n) is 22.3. The number of aromatic nitrogens is 4. The van der Waals surface area contributed by atoms with E-state index in [1.165, 1.54) is 47.0 Å². The van der Waals surface area contributed by atoms with Crippen molar-refractivity contribution in [2.75, 3.05) is 94.8 Å². The summed E-state index contributed by atoms with van der Waals surface area (Å²) in [6, 6.07) is 56.1. The molecular formula is C102H121Cl5N8O12. The number of pyridine rings is 4. The maximum atomic E-state index is 12.8. The van der Waals surface area contributed by atoms with Crippen molar-refractivity contribution in [1.82, 2.24) is 37.9 Å². The van der Waals surface area contributed by atoms with E-state index in [9.17, 15) is 58.8 Å². The standard InChI is InChI=1S/C26H31ClN2O3.C25H28Cl2N2O3.2C25H29ClN2O3.CH4/c1-4-13-28(15-12-27)14-11-19-5-7-20(8-6-19)21-9-10-24-22(16-21)25(30)23(26(31)32)17-29(24)18(2)3;1-17(2)29-16-22(25(31)32)24(30)21-8-7-20(15-23(21)29)19-5-3-18(4-6-19)9-12-28(13-10-26)14-11-27;1-4-12-27(13-11-26)15-18-5-7-19(8-6-18)20-9-10-21-23(14-20)28(17(2)3)16-22(24(21)29)25(30)31;1-4-11-27(12-10-26)15-18-6-5-7-19(13-18)20-8-9-21-23(14-20)28(17(2)3)16-22(24(21)29)25(30)31;/h5-10,16-18H,4,11-15H2,1-3H3,(H,31,32);3-8,15-17H,9-14H2,1-2H3,(H,31,32);5-10,14,16-17H,4,11-13,15H2,1-3H3,(H,30,31);5-9,13-14,16-17H,4,10-12,15H2,1-3H3,(H,30,31);1H4. The molecule has 0 amide bonds. The predicted octanol–water partition coefficient (Wildman–Crippen LogP) is 22.1. The number of nitrogens with zero attached hydrogens (tertiary/aromatic N) is 8. The molecule has 0 bridgehead atoms. The molecule has 12 rings (SSSR count). The van der Waals surface area contributed by atoms with Crippen molar-refractivity contribution in [1.29, 1.82) is 0 Å². The highest BCUT2D eigenvalue weighted by Gasteiger charge is 2.23. The quantitative estimate of drug-likeness (QED) is 0.0263. The molecule has 12 aromatic rings. The first-order valence-corrected chi connectivity index (χ1v) is 45.8. The van der Waals surface area contributed by atoms with E-state index < -0.39 is 45.6 Å². The van der Waals surface area contributed by atoms with Gasteiger partial charge in [-0.2, -0.15) is 0 Å². The van der Waals surface area contributed by atoms with Gasteiger partial charge in [-0.3, -0.25) is 29.0 Å². The minimum atomic E-state index is -1.21. The predicted molar refractivity (Wildman–Crippen MR) is 526 cm³/mol. The van der Waals surface area contributed by atoms with E-state index in [0.29, 0.717) is 50.9 Å². The highest BCUT2D eigenvalue weighted by Crippen LogP contribution is 2.32. The fourth-order valence-electron chi connectivity index (χ4n) is 15.7. The molecule has 4 aromatic heterocycles. The lowest BCUT2D eigenvalue weighted by Crippen LogP contribution is -2.30. The van der Waals surface area contributed by atoms with Gasteiger partial charge in [-0.25, -0.2) is 19.2 Å². The molecule has 8 aromatic carbocycles. The number of benzene rings is 8. The first-order chi connectivity index (χ1) is 60.4. The minimum Gasteiger partial charge on any atom is -0.477 e. The van der Waals surface area contributed by atoms with Crippen LogP contribution in [0.2, 0.25) is 0 Å². The van der Waals surface area contributed by atoms with E-state index in [-0.39, 0.29) is 53.8 Å². The van der Waals surface area contributed by atoms with Crippen LogP contribution in [-0.2, 0) is 25.9 Å². The van der Waals surface area contributed by atoms with Gasteiger partial charge in [0.1, 0.15) is 22.3 Å². The Balaban J connectivity index is 0.000000209. The molecule has 0 unspecified atom stereocenters. The summed E-state index contributed by atoms with van der Waals surface area (Å²) in [7, 11) is 0. The largest absolute Gasteiger partial charge is 0.477 e. The molecule has 0 atom stereocenters. The summed E-state index contributed by atoms with van der Waals surface area (Å²) in [5.41, 5.74) is 13.3. The third-order valence-corrected chi connectivity index (χ3v) is 23.1. The lowest BCUT2D eigenvalue weighted by Gasteiger charge is -2.21. The van der Waals surface area contributed by atoms with Gasteiger partial charge < -0.3 is 48.5 Å². The molecule has 0 aliphatic carbocycles. The Kier molecular flexibility index (Phi) is 39.7. The lowest BCUT2D eigenvalue weighted by atomic mass is 10.00. The number of carbonyl (C=O) groups is 4. The number of hydrogen-bond acceptors (Lipinski definition) is 12. The van der Waals surface area contributed by atoms with Crippen molar-refractivity contribution < 1.29 is 39.6 Å². The van der Waals surface area contributed by atoms with Crippen LogP contribution in [0.25, 0.3) is 88.1 Å². The highest BCUT2D eigenvalue weighted by atomic mass is 35.5. The molecule has 0 saturated heterocycles. The second kappa shape index (κ2) is 49.4. The zero-order valence-electron chi connectivity index (χ0n) is 73.9. The Hall–Kier alpha value is -10.2. The first kappa shape index (κ1) is 102. The normalized spacial score (nSPS) is 11.5. The average molecular weight is 1830 g/mol. The molecule has 4 heterocycles. The van der Waals surface area contributed by atoms with E-state index in [0.717, 1.165) is 177 Å². The number of alkyl halides is 5. The summed E-state index contributed by atoms with van der Waals surface area (Å²) < 4.78 is 7.40. The van der Waals surface area contributed by atoms with Gasteiger partial charge in [-0.1, -0.05) is 143 Å². The van der Waals surface area contributed by atoms with E-state index in [4.69, 9.17) is 58.0 Å². The maximum Gasteiger partial charge on any atom is 0.341 e. The van der Waals surface area contributed by atoms with E-state index in [1.54, 1.807) is 24.3 Å². The minimum absolute atomic E-state index is 0. The SMILES string of the molecule is C.CC(C)n1cc(C(=O)O)c(=O)c2ccc(-c3ccc(CCN(CCCl)CCCl)cc3)cc21.CCCN(CCCl)CCc1ccc(-c2ccc3c(c2)c(=O)c(C(=O)O)cn3C(C)C)cc1.CCCN(CCCl)Cc1ccc(-c2ccc3c(=O)c(C(=O)O)cn(C(C)C)c3c2)cc1.CCCN(CCCl)Cc1cccc(-c2ccc3c(=O)c(C(=O)O)cn(C(C)C)c3c2)c1. The van der Waals surface area contributed by atoms with Crippen LogP contribution in [0.15, 0.2) is 214 Å². The number of rotatable bonds is 38. The first-order valence-electron chi connectivity index (χ1n) is 43.2. The topological polar surface area (TPSA) is 250 Å². The summed E-state index contributed by atoms with van der Waals surface area (Å²) in [4.78, 5) is 106. The molecule has 0 saturated carbocycles. The number of fused-ring (bicyclic) bond motifs is 4. The van der Waals surface area contributed by atoms with Crippen LogP contribution in [0.5, 0.6) is 0 Å². The van der Waals surface area contributed by atoms with Gasteiger partial charge in [0.2, 0.25) is 21.7 Å². The molecule has 20 nitrogen and oxygen atoms in total. The van der Waals surface area contributed by atoms with Crippen LogP contribution in [0.4, 0.5) is 0 Å². The molecule has 127 heavy (non-hydrogen) atoms. The molecule has 0 aliphatic heterocycles. The van der Waals surface area contributed by atoms with Gasteiger partial charge in [0.25, 0.3) is 0 Å². The van der Waals surface area contributed by atoms with Crippen molar-refractivity contribution >= 4 is 125 Å². The Labute approximate surface area is 770 Å². The zero-order valence-corrected chi connectivity index (χ0v) is 77.6. The average Bonchev–Trinajstić information content (AvgIpc) is 0.781. The molecular weight excluding hydrogens is 1710 g/mol. The molecule has 0 radical (unpaired) electrons. The molecule has 0 spiro atoms. The van der Waals surface area contributed by atoms with Gasteiger partial charge in [-0.05, 0) is 228 Å². The summed E-state index contributed by atoms with van der Waals surface area (Å²) in [6.45, 7) is 33.2. The molecule has 0 fully saturated rings. The van der Waals surface area contributed by atoms with Gasteiger partial charge in [0.15, 0.2) is 0 Å². The summed E-state index contributed by atoms with van der Waals surface area (Å²) >= 11 is 29.5. The molecule has 0 aliphatic rings. The summed E-state index contributed by atoms with van der Waals surface area (Å²) in [5, 5.41) is 39.4. The Morgan fingerprint density at radius 3 is 0.890 bits per heavy atom. The van der Waals surface area contributed by atoms with Crippen LogP contribution in [0.1, 0.15) is 191 Å². The molecule has 4 N–H and O–H groups in total. The molecule has 25 heteroatoms. The van der Waals surface area contributed by atoms with Crippen molar-refractivity contribution in [2.45, 2.75) is 153 Å². The number of aromatic carboxylic acids is 4. The highest BCUT2D eigenvalue weighted by molar-refractivity contribution is 6.19. The Bertz CT molecular complexity index is 5960. The third kappa shape index (κ3) is 27.0. The maximum absolute atomic E-state index is 12.8. The van der Waals surface area contributed by atoms with Crippen molar-refractivity contribution in [3.8, 4) is 44.5 Å². The van der Waals surface area contributed by atoms with Gasteiger partial charge in [0.05, 0.1) is 22.1 Å². The van der Waals surface area contributed by atoms with E-state index in [2.05, 4.69) is 131 Å². The Morgan fingerprint density at radius 1 is 0.291 bits per heavy atom. The number of halogens is 5. The number of carboxylic acids is 4. The lowest BCUT2D eigenvalue weighted by molar-refractivity contribution is 0.0684. The zero-order chi connectivity index (χ0) is 91.6. The second-order valence-corrected chi connectivity index (χ2v) is 34.5. The smallest absolute Gasteiger partial charge is 0.341 e. The van der Waals surface area contributed by atoms with E-state index in [1.807, 2.05) is 128 Å². The monoisotopic (exact) mass is 1820 g/mol. The summed E-state index contributed by atoms with van der Waals surface area (Å²) in [5.74, 6) is -1.76. The Morgan fingerprint density at radius 2 is 0.559 bits per heavy atom. The van der Waals surface area contributed by atoms with Gasteiger partial charge in [-0.15, -0.1) is 58.0 Å². The fraction of sp³-hybridized carbons (Fsp3) is 0.373. The fourth-order valence-corrected chi connectivity index (χ4v) is 16.9. The van der Waals surface area contributed by atoms with Crippen molar-refractivity contribution in [2.24, 2.45) is 0 Å². The van der Waals surface area contributed by atoms with Crippen molar-refractivity contribution in [3.05, 3.63) is 280 Å². The van der Waals surface area contributed by atoms with E-state index >= 15 is 0 Å². The van der Waals surface area contributed by atoms with Crippen molar-refractivity contribution in [3.63, 3.8) is 0 Å².